The number of hydrogen-bond donors (Lipinski definition) is 0. The van der Waals surface area contributed by atoms with Gasteiger partial charge in [-0.15, -0.1) is 9.24 Å². The molecule has 2 unspecified atom stereocenters. The maximum atomic E-state index is 12.3. The van der Waals surface area contributed by atoms with Crippen LogP contribution in [-0.4, -0.2) is 16.7 Å². The van der Waals surface area contributed by atoms with Gasteiger partial charge >= 0.3 is 5.97 Å². The van der Waals surface area contributed by atoms with E-state index >= 15 is 0 Å². The Kier molecular flexibility index (Phi) is 3.56. The molecule has 2 aliphatic carbocycles. The molecule has 0 heterocycles. The lowest BCUT2D eigenvalue weighted by Crippen LogP contribution is -2.47. The van der Waals surface area contributed by atoms with Crippen LogP contribution < -0.4 is 0 Å². The highest BCUT2D eigenvalue weighted by Gasteiger charge is 2.56. The van der Waals surface area contributed by atoms with E-state index in [9.17, 15) is 4.79 Å². The molecule has 0 saturated heterocycles. The van der Waals surface area contributed by atoms with Gasteiger partial charge < -0.3 is 4.74 Å². The van der Waals surface area contributed by atoms with Crippen LogP contribution in [0.4, 0.5) is 0 Å². The van der Waals surface area contributed by atoms with Crippen molar-refractivity contribution >= 4 is 15.2 Å². The predicted molar refractivity (Wildman–Crippen MR) is 77.6 cm³/mol. The monoisotopic (exact) mass is 270 g/mol. The highest BCUT2D eigenvalue weighted by molar-refractivity contribution is 7.20. The van der Waals surface area contributed by atoms with Gasteiger partial charge in [-0.3, -0.25) is 4.79 Å². The van der Waals surface area contributed by atoms with E-state index < -0.39 is 5.16 Å². The third-order valence-corrected chi connectivity index (χ3v) is 6.21. The number of hydrogen-bond acceptors (Lipinski definition) is 2. The average Bonchev–Trinajstić information content (AvgIpc) is 2.90. The topological polar surface area (TPSA) is 26.3 Å². The van der Waals surface area contributed by atoms with Gasteiger partial charge in [0.2, 0.25) is 0 Å². The Morgan fingerprint density at radius 2 is 1.89 bits per heavy atom. The first kappa shape index (κ1) is 14.3. The summed E-state index contributed by atoms with van der Waals surface area (Å²) in [6.45, 7) is 8.21. The van der Waals surface area contributed by atoms with Crippen molar-refractivity contribution in [3.63, 3.8) is 0 Å². The summed E-state index contributed by atoms with van der Waals surface area (Å²) in [4.78, 5) is 12.3. The molecule has 0 aromatic heterocycles. The van der Waals surface area contributed by atoms with E-state index in [1.54, 1.807) is 0 Å². The second-order valence-corrected chi connectivity index (χ2v) is 8.37. The molecular weight excluding hydrogens is 243 g/mol. The average molecular weight is 270 g/mol. The Hall–Kier alpha value is -0.100. The van der Waals surface area contributed by atoms with Gasteiger partial charge in [-0.2, -0.15) is 0 Å². The van der Waals surface area contributed by atoms with Crippen molar-refractivity contribution in [1.82, 2.24) is 0 Å². The Balaban J connectivity index is 2.10. The number of rotatable bonds is 4. The molecule has 2 nitrogen and oxygen atoms in total. The van der Waals surface area contributed by atoms with E-state index in [-0.39, 0.29) is 17.0 Å². The van der Waals surface area contributed by atoms with Gasteiger partial charge in [-0.1, -0.05) is 6.92 Å². The van der Waals surface area contributed by atoms with Gasteiger partial charge in [0, 0.05) is 5.41 Å². The van der Waals surface area contributed by atoms with Crippen LogP contribution in [0.1, 0.15) is 66.2 Å². The molecule has 0 N–H and O–H groups in total. The molecule has 0 aromatic rings. The lowest BCUT2D eigenvalue weighted by Gasteiger charge is -2.43. The van der Waals surface area contributed by atoms with Crippen LogP contribution in [0.15, 0.2) is 0 Å². The van der Waals surface area contributed by atoms with Crippen LogP contribution in [0.2, 0.25) is 0 Å². The predicted octanol–water partition coefficient (Wildman–Crippen LogP) is 3.93. The lowest BCUT2D eigenvalue weighted by molar-refractivity contribution is -0.173. The van der Waals surface area contributed by atoms with E-state index in [0.717, 1.165) is 12.3 Å². The second kappa shape index (κ2) is 4.47. The second-order valence-electron chi connectivity index (χ2n) is 7.10. The summed E-state index contributed by atoms with van der Waals surface area (Å²) in [5, 5.41) is -0.440. The number of fused-ring (bicyclic) bond motifs is 2. The van der Waals surface area contributed by atoms with E-state index in [4.69, 9.17) is 4.74 Å². The number of carbonyl (C=O) groups excluding carboxylic acids is 1. The van der Waals surface area contributed by atoms with Crippen LogP contribution in [0.25, 0.3) is 0 Å². The molecule has 18 heavy (non-hydrogen) atoms. The first-order chi connectivity index (χ1) is 8.22. The minimum atomic E-state index is -0.440. The van der Waals surface area contributed by atoms with Gasteiger partial charge in [-0.25, -0.2) is 0 Å². The molecule has 104 valence electrons. The number of carbonyl (C=O) groups is 1. The normalized spacial score (nSPS) is 34.4. The highest BCUT2D eigenvalue weighted by atomic mass is 31.0. The fourth-order valence-corrected chi connectivity index (χ4v) is 3.70. The zero-order valence-electron chi connectivity index (χ0n) is 12.2. The summed E-state index contributed by atoms with van der Waals surface area (Å²) in [6, 6.07) is 0. The highest BCUT2D eigenvalue weighted by Crippen LogP contribution is 2.60. The third-order valence-electron chi connectivity index (χ3n) is 5.57. The molecule has 2 saturated carbocycles. The molecule has 2 atom stereocenters. The quantitative estimate of drug-likeness (QED) is 0.571. The van der Waals surface area contributed by atoms with Crippen molar-refractivity contribution in [3.05, 3.63) is 0 Å². The van der Waals surface area contributed by atoms with Gasteiger partial charge in [-0.05, 0) is 65.2 Å². The first-order valence-corrected chi connectivity index (χ1v) is 7.82. The molecule has 0 radical (unpaired) electrons. The molecule has 2 aliphatic rings. The molecule has 0 amide bonds. The molecular formula is C15H27O2P. The van der Waals surface area contributed by atoms with Crippen molar-refractivity contribution in [2.24, 2.45) is 11.3 Å². The largest absolute Gasteiger partial charge is 0.458 e. The van der Waals surface area contributed by atoms with Crippen LogP contribution in [0, 0.1) is 11.3 Å². The van der Waals surface area contributed by atoms with Gasteiger partial charge in [0.25, 0.3) is 0 Å². The maximum Gasteiger partial charge on any atom is 0.316 e. The van der Waals surface area contributed by atoms with Crippen LogP contribution >= 0.6 is 9.24 Å². The maximum absolute atomic E-state index is 12.3. The Bertz CT molecular complexity index is 338. The minimum Gasteiger partial charge on any atom is -0.458 e. The van der Waals surface area contributed by atoms with E-state index in [1.165, 1.54) is 32.1 Å². The number of esters is 1. The fraction of sp³-hybridized carbons (Fsp3) is 0.933. The van der Waals surface area contributed by atoms with Gasteiger partial charge in [0.1, 0.15) is 5.60 Å². The van der Waals surface area contributed by atoms with E-state index in [2.05, 4.69) is 23.1 Å². The van der Waals surface area contributed by atoms with Crippen LogP contribution in [0.3, 0.4) is 0 Å². The van der Waals surface area contributed by atoms with Gasteiger partial charge in [0.05, 0.1) is 5.16 Å². The Labute approximate surface area is 113 Å². The first-order valence-electron chi connectivity index (χ1n) is 7.25. The van der Waals surface area contributed by atoms with Gasteiger partial charge in [0.15, 0.2) is 0 Å². The minimum absolute atomic E-state index is 0.0651. The number of ether oxygens (including phenoxy) is 1. The van der Waals surface area contributed by atoms with E-state index in [1.807, 2.05) is 13.8 Å². The summed E-state index contributed by atoms with van der Waals surface area (Å²) in [7, 11) is 2.65. The zero-order chi connectivity index (χ0) is 13.6. The summed E-state index contributed by atoms with van der Waals surface area (Å²) in [6.07, 6.45) is 7.17. The van der Waals surface area contributed by atoms with Crippen molar-refractivity contribution in [1.29, 1.82) is 0 Å². The molecule has 0 spiro atoms. The molecule has 2 rings (SSSR count). The fourth-order valence-electron chi connectivity index (χ4n) is 3.64. The van der Waals surface area contributed by atoms with Crippen molar-refractivity contribution in [3.8, 4) is 0 Å². The zero-order valence-corrected chi connectivity index (χ0v) is 13.4. The smallest absolute Gasteiger partial charge is 0.316 e. The molecule has 0 aromatic carbocycles. The summed E-state index contributed by atoms with van der Waals surface area (Å²) in [5.74, 6) is 0.821. The summed E-state index contributed by atoms with van der Waals surface area (Å²) < 4.78 is 5.94. The third kappa shape index (κ3) is 2.22. The SMILES string of the molecule is CCC(C)(P)C(=O)OC(C)(C)C12CCC(CC1)C2. The Morgan fingerprint density at radius 3 is 2.28 bits per heavy atom. The van der Waals surface area contributed by atoms with Crippen LogP contribution in [-0.2, 0) is 9.53 Å². The van der Waals surface area contributed by atoms with Crippen molar-refractivity contribution in [2.75, 3.05) is 0 Å². The molecule has 0 aliphatic heterocycles. The van der Waals surface area contributed by atoms with Crippen molar-refractivity contribution in [2.45, 2.75) is 77.0 Å². The van der Waals surface area contributed by atoms with Crippen LogP contribution in [0.5, 0.6) is 0 Å². The lowest BCUT2D eigenvalue weighted by atomic mass is 9.71. The molecule has 2 bridgehead atoms. The molecule has 3 heteroatoms. The summed E-state index contributed by atoms with van der Waals surface area (Å²) in [5.41, 5.74) is -0.0653. The standard InChI is InChI=1S/C15H27O2P/c1-5-14(4,18)12(16)17-13(2,3)15-8-6-11(10-15)7-9-15/h11H,5-10,18H2,1-4H3. The van der Waals surface area contributed by atoms with E-state index in [0.29, 0.717) is 0 Å². The molecule has 2 fully saturated rings. The Morgan fingerprint density at radius 1 is 1.33 bits per heavy atom. The van der Waals surface area contributed by atoms with Crippen molar-refractivity contribution < 1.29 is 9.53 Å². The summed E-state index contributed by atoms with van der Waals surface area (Å²) >= 11 is 0.